The van der Waals surface area contributed by atoms with E-state index in [2.05, 4.69) is 20.6 Å². The summed E-state index contributed by atoms with van der Waals surface area (Å²) in [6.07, 6.45) is 0.00917. The zero-order valence-electron chi connectivity index (χ0n) is 16.4. The van der Waals surface area contributed by atoms with Crippen LogP contribution in [0.4, 0.5) is 0 Å². The van der Waals surface area contributed by atoms with Crippen LogP contribution < -0.4 is 20.1 Å². The summed E-state index contributed by atoms with van der Waals surface area (Å²) in [5, 5.41) is 6.55. The van der Waals surface area contributed by atoms with Crippen LogP contribution in [0, 0.1) is 6.92 Å². The summed E-state index contributed by atoms with van der Waals surface area (Å²) in [5.41, 5.74) is 1.98. The number of halogens is 1. The molecule has 0 fully saturated rings. The molecule has 1 aromatic heterocycles. The number of methoxy groups -OCH3 is 1. The molecular formula is C20H29IN4O2. The van der Waals surface area contributed by atoms with E-state index in [1.54, 1.807) is 7.11 Å². The Kier molecular flexibility index (Phi) is 10.5. The highest BCUT2D eigenvalue weighted by Gasteiger charge is 2.07. The van der Waals surface area contributed by atoms with Gasteiger partial charge in [-0.2, -0.15) is 0 Å². The number of pyridine rings is 1. The first-order chi connectivity index (χ1) is 12.6. The van der Waals surface area contributed by atoms with Gasteiger partial charge in [0.1, 0.15) is 11.9 Å². The number of hydrogen-bond acceptors (Lipinski definition) is 4. The van der Waals surface area contributed by atoms with Crippen molar-refractivity contribution < 1.29 is 9.47 Å². The van der Waals surface area contributed by atoms with E-state index < -0.39 is 0 Å². The number of nitrogens with one attached hydrogen (secondary N) is 2. The summed E-state index contributed by atoms with van der Waals surface area (Å²) in [7, 11) is 1.61. The minimum absolute atomic E-state index is 0. The van der Waals surface area contributed by atoms with Crippen LogP contribution in [0.15, 0.2) is 47.5 Å². The van der Waals surface area contributed by atoms with Crippen molar-refractivity contribution in [2.24, 2.45) is 4.99 Å². The summed E-state index contributed by atoms with van der Waals surface area (Å²) in [6.45, 7) is 8.01. The number of aromatic nitrogens is 1. The van der Waals surface area contributed by atoms with Crippen molar-refractivity contribution in [3.63, 3.8) is 0 Å². The van der Waals surface area contributed by atoms with E-state index >= 15 is 0 Å². The van der Waals surface area contributed by atoms with Crippen LogP contribution in [0.1, 0.15) is 25.1 Å². The van der Waals surface area contributed by atoms with E-state index in [1.165, 1.54) is 0 Å². The van der Waals surface area contributed by atoms with Crippen molar-refractivity contribution in [1.29, 1.82) is 0 Å². The average Bonchev–Trinajstić information content (AvgIpc) is 2.66. The lowest BCUT2D eigenvalue weighted by Crippen LogP contribution is -2.41. The second-order valence-corrected chi connectivity index (χ2v) is 5.94. The van der Waals surface area contributed by atoms with Crippen molar-refractivity contribution in [3.05, 3.63) is 53.7 Å². The molecule has 1 heterocycles. The van der Waals surface area contributed by atoms with E-state index in [0.29, 0.717) is 19.0 Å². The third-order valence-electron chi connectivity index (χ3n) is 3.71. The molecule has 1 atom stereocenters. The second kappa shape index (κ2) is 12.4. The van der Waals surface area contributed by atoms with E-state index in [1.807, 2.05) is 63.2 Å². The Balaban J connectivity index is 0.00000364. The number of aliphatic imine (C=N–C) groups is 1. The highest BCUT2D eigenvalue weighted by Crippen LogP contribution is 2.17. The maximum absolute atomic E-state index is 5.99. The van der Waals surface area contributed by atoms with Crippen molar-refractivity contribution in [3.8, 4) is 11.6 Å². The lowest BCUT2D eigenvalue weighted by molar-refractivity contribution is 0.222. The fourth-order valence-corrected chi connectivity index (χ4v) is 2.35. The minimum atomic E-state index is 0. The van der Waals surface area contributed by atoms with Crippen LogP contribution in [0.3, 0.4) is 0 Å². The molecule has 7 heteroatoms. The van der Waals surface area contributed by atoms with Crippen LogP contribution in [-0.4, -0.2) is 37.2 Å². The van der Waals surface area contributed by atoms with Gasteiger partial charge in [-0.25, -0.2) is 9.98 Å². The highest BCUT2D eigenvalue weighted by atomic mass is 127. The zero-order chi connectivity index (χ0) is 18.8. The van der Waals surface area contributed by atoms with Gasteiger partial charge in [0.15, 0.2) is 5.96 Å². The van der Waals surface area contributed by atoms with Gasteiger partial charge in [-0.05, 0) is 38.5 Å². The normalized spacial score (nSPS) is 11.9. The Morgan fingerprint density at radius 1 is 1.15 bits per heavy atom. The smallest absolute Gasteiger partial charge is 0.213 e. The van der Waals surface area contributed by atoms with Gasteiger partial charge in [-0.1, -0.05) is 24.3 Å². The maximum Gasteiger partial charge on any atom is 0.213 e. The first kappa shape index (κ1) is 23.0. The molecule has 0 saturated heterocycles. The largest absolute Gasteiger partial charge is 0.489 e. The quantitative estimate of drug-likeness (QED) is 0.341. The lowest BCUT2D eigenvalue weighted by atomic mass is 10.2. The molecule has 2 rings (SSSR count). The number of rotatable bonds is 8. The summed E-state index contributed by atoms with van der Waals surface area (Å²) in [4.78, 5) is 8.95. The molecule has 2 aromatic rings. The van der Waals surface area contributed by atoms with Gasteiger partial charge in [0.05, 0.1) is 25.9 Å². The molecule has 0 amide bonds. The van der Waals surface area contributed by atoms with Gasteiger partial charge in [0.2, 0.25) is 5.88 Å². The van der Waals surface area contributed by atoms with Crippen molar-refractivity contribution >= 4 is 29.9 Å². The third kappa shape index (κ3) is 8.03. The molecule has 148 valence electrons. The van der Waals surface area contributed by atoms with Crippen LogP contribution >= 0.6 is 24.0 Å². The average molecular weight is 484 g/mol. The topological polar surface area (TPSA) is 67.8 Å². The number of ether oxygens (including phenoxy) is 2. The fraction of sp³-hybridized carbons (Fsp3) is 0.400. The van der Waals surface area contributed by atoms with Gasteiger partial charge in [0.25, 0.3) is 0 Å². The monoisotopic (exact) mass is 484 g/mol. The summed E-state index contributed by atoms with van der Waals surface area (Å²) in [6, 6.07) is 13.7. The van der Waals surface area contributed by atoms with Crippen LogP contribution in [0.25, 0.3) is 0 Å². The first-order valence-corrected chi connectivity index (χ1v) is 8.86. The van der Waals surface area contributed by atoms with Crippen LogP contribution in [-0.2, 0) is 6.54 Å². The molecule has 0 aliphatic rings. The van der Waals surface area contributed by atoms with Crippen LogP contribution in [0.2, 0.25) is 0 Å². The second-order valence-electron chi connectivity index (χ2n) is 5.94. The van der Waals surface area contributed by atoms with Crippen molar-refractivity contribution in [2.45, 2.75) is 33.4 Å². The maximum atomic E-state index is 5.99. The Bertz CT molecular complexity index is 725. The van der Waals surface area contributed by atoms with Crippen molar-refractivity contribution in [1.82, 2.24) is 15.6 Å². The number of benzene rings is 1. The predicted molar refractivity (Wildman–Crippen MR) is 120 cm³/mol. The summed E-state index contributed by atoms with van der Waals surface area (Å²) < 4.78 is 11.1. The van der Waals surface area contributed by atoms with Gasteiger partial charge in [0, 0.05) is 12.6 Å². The number of guanidine groups is 1. The molecule has 1 aromatic carbocycles. The Labute approximate surface area is 178 Å². The molecule has 0 radical (unpaired) electrons. The Hall–Kier alpha value is -2.03. The fourth-order valence-electron chi connectivity index (χ4n) is 2.35. The van der Waals surface area contributed by atoms with E-state index in [0.717, 1.165) is 29.5 Å². The summed E-state index contributed by atoms with van der Waals surface area (Å²) in [5.74, 6) is 2.23. The molecule has 0 spiro atoms. The van der Waals surface area contributed by atoms with Crippen molar-refractivity contribution in [2.75, 3.05) is 20.2 Å². The molecule has 0 aliphatic heterocycles. The summed E-state index contributed by atoms with van der Waals surface area (Å²) >= 11 is 0. The molecule has 0 saturated carbocycles. The van der Waals surface area contributed by atoms with Gasteiger partial charge < -0.3 is 20.1 Å². The highest BCUT2D eigenvalue weighted by molar-refractivity contribution is 14.0. The Morgan fingerprint density at radius 2 is 1.93 bits per heavy atom. The molecule has 0 aliphatic carbocycles. The lowest BCUT2D eigenvalue weighted by Gasteiger charge is -2.18. The molecular weight excluding hydrogens is 455 g/mol. The van der Waals surface area contributed by atoms with Gasteiger partial charge >= 0.3 is 0 Å². The molecule has 27 heavy (non-hydrogen) atoms. The molecule has 2 N–H and O–H groups in total. The predicted octanol–water partition coefficient (Wildman–Crippen LogP) is 3.54. The zero-order valence-corrected chi connectivity index (χ0v) is 18.7. The Morgan fingerprint density at radius 3 is 2.63 bits per heavy atom. The number of aryl methyl sites for hydroxylation is 1. The van der Waals surface area contributed by atoms with E-state index in [9.17, 15) is 0 Å². The van der Waals surface area contributed by atoms with Crippen LogP contribution in [0.5, 0.6) is 11.6 Å². The standard InChI is InChI=1S/C20H28N4O2.HI/c1-5-21-20(23-14-17-10-8-12-19(24-17)25-4)22-13-16(3)26-18-11-7-6-9-15(18)2;/h6-12,16H,5,13-14H2,1-4H3,(H2,21,22,23);1H. The number of nitrogens with zero attached hydrogens (tertiary/aromatic N) is 2. The van der Waals surface area contributed by atoms with E-state index in [-0.39, 0.29) is 30.1 Å². The molecule has 0 bridgehead atoms. The molecule has 6 nitrogen and oxygen atoms in total. The minimum Gasteiger partial charge on any atom is -0.489 e. The third-order valence-corrected chi connectivity index (χ3v) is 3.71. The SMILES string of the molecule is CCNC(=NCc1cccc(OC)n1)NCC(C)Oc1ccccc1C.I. The van der Waals surface area contributed by atoms with Gasteiger partial charge in [-0.15, -0.1) is 24.0 Å². The number of para-hydroxylation sites is 1. The molecule has 1 unspecified atom stereocenters. The number of hydrogen-bond donors (Lipinski definition) is 2. The first-order valence-electron chi connectivity index (χ1n) is 8.86. The van der Waals surface area contributed by atoms with E-state index in [4.69, 9.17) is 9.47 Å². The van der Waals surface area contributed by atoms with Gasteiger partial charge in [-0.3, -0.25) is 0 Å².